The highest BCUT2D eigenvalue weighted by atomic mass is 32.1. The molecule has 0 fully saturated rings. The van der Waals surface area contributed by atoms with Crippen LogP contribution >= 0.6 is 11.3 Å². The molecule has 2 aromatic heterocycles. The third-order valence-electron chi connectivity index (χ3n) is 3.60. The molecule has 0 N–H and O–H groups in total. The summed E-state index contributed by atoms with van der Waals surface area (Å²) in [5, 5.41) is 14.1. The van der Waals surface area contributed by atoms with Gasteiger partial charge in [0.15, 0.2) is 5.82 Å². The van der Waals surface area contributed by atoms with Gasteiger partial charge in [0, 0.05) is 11.1 Å². The number of hydrogen-bond acceptors (Lipinski definition) is 5. The number of aryl methyl sites for hydroxylation is 1. The molecular formula is C17H14N4OS. The molecule has 0 spiro atoms. The molecule has 0 aliphatic rings. The lowest BCUT2D eigenvalue weighted by atomic mass is 10.1. The molecule has 0 radical (unpaired) electrons. The van der Waals surface area contributed by atoms with Crippen molar-refractivity contribution in [1.82, 2.24) is 19.8 Å². The van der Waals surface area contributed by atoms with Gasteiger partial charge >= 0.3 is 0 Å². The van der Waals surface area contributed by atoms with E-state index in [1.165, 1.54) is 16.9 Å². The van der Waals surface area contributed by atoms with Crippen molar-refractivity contribution in [3.05, 3.63) is 54.1 Å². The van der Waals surface area contributed by atoms with Crippen LogP contribution in [0.25, 0.3) is 26.9 Å². The van der Waals surface area contributed by atoms with E-state index in [0.717, 1.165) is 32.7 Å². The van der Waals surface area contributed by atoms with E-state index < -0.39 is 0 Å². The fourth-order valence-electron chi connectivity index (χ4n) is 2.43. The van der Waals surface area contributed by atoms with Crippen LogP contribution in [-0.2, 0) is 0 Å². The molecule has 2 aromatic carbocycles. The largest absolute Gasteiger partial charge is 0.497 e. The molecule has 0 aliphatic carbocycles. The van der Waals surface area contributed by atoms with Crippen molar-refractivity contribution in [3.8, 4) is 27.7 Å². The zero-order valence-electron chi connectivity index (χ0n) is 12.7. The van der Waals surface area contributed by atoms with Crippen LogP contribution in [0.2, 0.25) is 0 Å². The van der Waals surface area contributed by atoms with Crippen molar-refractivity contribution in [2.24, 2.45) is 0 Å². The quantitative estimate of drug-likeness (QED) is 0.575. The molecule has 5 nitrogen and oxygen atoms in total. The highest BCUT2D eigenvalue weighted by Crippen LogP contribution is 2.29. The molecule has 0 saturated carbocycles. The van der Waals surface area contributed by atoms with Crippen molar-refractivity contribution < 1.29 is 4.74 Å². The number of fused-ring (bicyclic) bond motifs is 1. The number of rotatable bonds is 3. The van der Waals surface area contributed by atoms with E-state index in [1.807, 2.05) is 36.4 Å². The van der Waals surface area contributed by atoms with Crippen molar-refractivity contribution >= 4 is 16.3 Å². The van der Waals surface area contributed by atoms with Crippen molar-refractivity contribution in [2.45, 2.75) is 6.92 Å². The van der Waals surface area contributed by atoms with Gasteiger partial charge in [-0.25, -0.2) is 0 Å². The average molecular weight is 322 g/mol. The highest BCUT2D eigenvalue weighted by Gasteiger charge is 2.14. The van der Waals surface area contributed by atoms with E-state index in [1.54, 1.807) is 11.6 Å². The Morgan fingerprint density at radius 3 is 2.57 bits per heavy atom. The summed E-state index contributed by atoms with van der Waals surface area (Å²) in [5.41, 5.74) is 3.24. The second-order valence-electron chi connectivity index (χ2n) is 5.22. The number of hydrogen-bond donors (Lipinski definition) is 0. The summed E-state index contributed by atoms with van der Waals surface area (Å²) >= 11 is 1.52. The number of benzene rings is 2. The third-order valence-corrected chi connectivity index (χ3v) is 4.55. The minimum Gasteiger partial charge on any atom is -0.497 e. The lowest BCUT2D eigenvalue weighted by Crippen LogP contribution is -1.91. The van der Waals surface area contributed by atoms with E-state index >= 15 is 0 Å². The second kappa shape index (κ2) is 5.48. The standard InChI is InChI=1S/C17H14N4OS/c1-11-4-3-5-13(10-11)15-18-19-17-21(15)20-16(23-17)12-6-8-14(22-2)9-7-12/h3-10H,1-2H3. The molecule has 0 atom stereocenters. The molecule has 0 aliphatic heterocycles. The lowest BCUT2D eigenvalue weighted by molar-refractivity contribution is 0.415. The highest BCUT2D eigenvalue weighted by molar-refractivity contribution is 7.19. The van der Waals surface area contributed by atoms with Gasteiger partial charge in [-0.15, -0.1) is 10.2 Å². The topological polar surface area (TPSA) is 52.3 Å². The maximum Gasteiger partial charge on any atom is 0.235 e. The monoisotopic (exact) mass is 322 g/mol. The molecule has 0 unspecified atom stereocenters. The van der Waals surface area contributed by atoms with Crippen LogP contribution in [0.1, 0.15) is 5.56 Å². The van der Waals surface area contributed by atoms with Crippen LogP contribution in [0.5, 0.6) is 5.75 Å². The zero-order valence-corrected chi connectivity index (χ0v) is 13.5. The minimum atomic E-state index is 0.764. The van der Waals surface area contributed by atoms with Gasteiger partial charge in [-0.3, -0.25) is 0 Å². The molecule has 4 rings (SSSR count). The SMILES string of the molecule is COc1ccc(-c2nn3c(-c4cccc(C)c4)nnc3s2)cc1. The van der Waals surface area contributed by atoms with Gasteiger partial charge in [0.2, 0.25) is 4.96 Å². The van der Waals surface area contributed by atoms with Crippen LogP contribution in [0.3, 0.4) is 0 Å². The first-order valence-electron chi connectivity index (χ1n) is 7.18. The first-order valence-corrected chi connectivity index (χ1v) is 8.00. The van der Waals surface area contributed by atoms with Gasteiger partial charge < -0.3 is 4.74 Å². The first-order chi connectivity index (χ1) is 11.2. The molecular weight excluding hydrogens is 308 g/mol. The van der Waals surface area contributed by atoms with Crippen LogP contribution in [0.4, 0.5) is 0 Å². The molecule has 6 heteroatoms. The van der Waals surface area contributed by atoms with E-state index in [9.17, 15) is 0 Å². The maximum atomic E-state index is 5.19. The van der Waals surface area contributed by atoms with E-state index in [4.69, 9.17) is 4.74 Å². The predicted molar refractivity (Wildman–Crippen MR) is 90.8 cm³/mol. The number of nitrogens with zero attached hydrogens (tertiary/aromatic N) is 4. The molecule has 0 saturated heterocycles. The van der Waals surface area contributed by atoms with Gasteiger partial charge in [-0.1, -0.05) is 35.1 Å². The summed E-state index contributed by atoms with van der Waals surface area (Å²) in [4.78, 5) is 0.785. The summed E-state index contributed by atoms with van der Waals surface area (Å²) in [5.74, 6) is 1.59. The average Bonchev–Trinajstić information content (AvgIpc) is 3.15. The van der Waals surface area contributed by atoms with Crippen LogP contribution < -0.4 is 4.74 Å². The second-order valence-corrected chi connectivity index (χ2v) is 6.18. The van der Waals surface area contributed by atoms with Gasteiger partial charge in [0.25, 0.3) is 0 Å². The number of methoxy groups -OCH3 is 1. The maximum absolute atomic E-state index is 5.19. The Morgan fingerprint density at radius 1 is 1.00 bits per heavy atom. The van der Waals surface area contributed by atoms with Crippen LogP contribution in [0.15, 0.2) is 48.5 Å². The van der Waals surface area contributed by atoms with Crippen LogP contribution in [-0.4, -0.2) is 26.9 Å². The molecule has 4 aromatic rings. The molecule has 0 bridgehead atoms. The molecule has 114 valence electrons. The smallest absolute Gasteiger partial charge is 0.235 e. The number of ether oxygens (including phenoxy) is 1. The molecule has 23 heavy (non-hydrogen) atoms. The Bertz CT molecular complexity index is 972. The fourth-order valence-corrected chi connectivity index (χ4v) is 3.28. The summed E-state index contributed by atoms with van der Waals surface area (Å²) in [6.45, 7) is 2.06. The van der Waals surface area contributed by atoms with Crippen molar-refractivity contribution in [1.29, 1.82) is 0 Å². The van der Waals surface area contributed by atoms with Gasteiger partial charge in [-0.05, 0) is 37.3 Å². The first kappa shape index (κ1) is 13.9. The van der Waals surface area contributed by atoms with Crippen LogP contribution in [0, 0.1) is 6.92 Å². The normalized spacial score (nSPS) is 11.0. The van der Waals surface area contributed by atoms with E-state index in [0.29, 0.717) is 0 Å². The Hall–Kier alpha value is -2.73. The lowest BCUT2D eigenvalue weighted by Gasteiger charge is -2.00. The summed E-state index contributed by atoms with van der Waals surface area (Å²) in [7, 11) is 1.66. The third kappa shape index (κ3) is 2.47. The minimum absolute atomic E-state index is 0.764. The zero-order chi connectivity index (χ0) is 15.8. The Kier molecular flexibility index (Phi) is 3.31. The Labute approximate surface area is 137 Å². The summed E-state index contributed by atoms with van der Waals surface area (Å²) in [6.07, 6.45) is 0. The van der Waals surface area contributed by atoms with E-state index in [2.05, 4.69) is 34.4 Å². The number of aromatic nitrogens is 4. The Balaban J connectivity index is 1.79. The van der Waals surface area contributed by atoms with Gasteiger partial charge in [0.1, 0.15) is 10.8 Å². The summed E-state index contributed by atoms with van der Waals surface area (Å²) in [6, 6.07) is 16.0. The molecule has 0 amide bonds. The van der Waals surface area contributed by atoms with Gasteiger partial charge in [-0.2, -0.15) is 9.61 Å². The molecule has 2 heterocycles. The van der Waals surface area contributed by atoms with Crippen molar-refractivity contribution in [3.63, 3.8) is 0 Å². The fraction of sp³-hybridized carbons (Fsp3) is 0.118. The van der Waals surface area contributed by atoms with E-state index in [-0.39, 0.29) is 0 Å². The summed E-state index contributed by atoms with van der Waals surface area (Å²) < 4.78 is 7.00. The Morgan fingerprint density at radius 2 is 1.83 bits per heavy atom. The van der Waals surface area contributed by atoms with Gasteiger partial charge in [0.05, 0.1) is 7.11 Å². The predicted octanol–water partition coefficient (Wildman–Crippen LogP) is 3.84. The van der Waals surface area contributed by atoms with Crippen molar-refractivity contribution in [2.75, 3.05) is 7.11 Å².